The Morgan fingerprint density at radius 3 is 2.32 bits per heavy atom. The Labute approximate surface area is 112 Å². The molecule has 0 aliphatic heterocycles. The molecule has 1 aromatic carbocycles. The van der Waals surface area contributed by atoms with Gasteiger partial charge in [-0.3, -0.25) is 4.79 Å². The highest BCUT2D eigenvalue weighted by atomic mass is 32.2. The molecule has 5 nitrogen and oxygen atoms in total. The minimum atomic E-state index is -3.52. The molecule has 0 aromatic heterocycles. The summed E-state index contributed by atoms with van der Waals surface area (Å²) in [6, 6.07) is 6.65. The third-order valence-electron chi connectivity index (χ3n) is 2.97. The molecule has 0 fully saturated rings. The summed E-state index contributed by atoms with van der Waals surface area (Å²) in [5, 5.41) is 7.78. The van der Waals surface area contributed by atoms with E-state index in [2.05, 4.69) is 5.32 Å². The van der Waals surface area contributed by atoms with Crippen molar-refractivity contribution in [2.45, 2.75) is 18.6 Å². The molecule has 0 radical (unpaired) electrons. The number of benzene rings is 1. The van der Waals surface area contributed by atoms with Crippen molar-refractivity contribution in [3.8, 4) is 0 Å². The number of hydrogen-bond donors (Lipinski definition) is 2. The fourth-order valence-electron chi connectivity index (χ4n) is 1.99. The molecule has 3 N–H and O–H groups in total. The molecule has 1 aromatic rings. The van der Waals surface area contributed by atoms with E-state index in [1.54, 1.807) is 24.3 Å². The number of carbonyl (C=O) groups is 1. The summed E-state index contributed by atoms with van der Waals surface area (Å²) < 4.78 is 21.9. The molecular formula is C13H16N2O3S. The van der Waals surface area contributed by atoms with Crippen LogP contribution in [0.2, 0.25) is 0 Å². The Morgan fingerprint density at radius 1 is 1.21 bits per heavy atom. The van der Waals surface area contributed by atoms with Gasteiger partial charge in [0.2, 0.25) is 15.9 Å². The number of anilines is 1. The van der Waals surface area contributed by atoms with Crippen LogP contribution in [0.5, 0.6) is 0 Å². The second kappa shape index (κ2) is 5.54. The topological polar surface area (TPSA) is 89.3 Å². The zero-order chi connectivity index (χ0) is 13.9. The Hall–Kier alpha value is -1.66. The van der Waals surface area contributed by atoms with Crippen molar-refractivity contribution in [3.05, 3.63) is 42.0 Å². The van der Waals surface area contributed by atoms with Gasteiger partial charge in [0, 0.05) is 11.6 Å². The van der Waals surface area contributed by atoms with Crippen molar-refractivity contribution >= 4 is 21.6 Å². The Balaban J connectivity index is 1.97. The van der Waals surface area contributed by atoms with Gasteiger partial charge >= 0.3 is 0 Å². The van der Waals surface area contributed by atoms with E-state index in [4.69, 9.17) is 5.14 Å². The number of amides is 1. The van der Waals surface area contributed by atoms with Gasteiger partial charge in [-0.15, -0.1) is 0 Å². The Bertz CT molecular complexity index is 583. The molecule has 2 rings (SSSR count). The van der Waals surface area contributed by atoms with E-state index in [9.17, 15) is 13.2 Å². The summed E-state index contributed by atoms with van der Waals surface area (Å²) in [6.07, 6.45) is 5.55. The number of carbonyl (C=O) groups excluding carboxylic acids is 1. The molecule has 1 amide bonds. The number of allylic oxidation sites excluding steroid dienone is 2. The van der Waals surface area contributed by atoms with Crippen LogP contribution in [0.25, 0.3) is 0 Å². The quantitative estimate of drug-likeness (QED) is 0.816. The number of primary sulfonamides is 1. The zero-order valence-corrected chi connectivity index (χ0v) is 11.2. The van der Waals surface area contributed by atoms with E-state index >= 15 is 0 Å². The predicted molar refractivity (Wildman–Crippen MR) is 73.7 cm³/mol. The Kier molecular flexibility index (Phi) is 4.01. The highest BCUT2D eigenvalue weighted by Crippen LogP contribution is 2.20. The van der Waals surface area contributed by atoms with Gasteiger partial charge in [0.25, 0.3) is 0 Å². The monoisotopic (exact) mass is 280 g/mol. The lowest BCUT2D eigenvalue weighted by atomic mass is 10.1. The van der Waals surface area contributed by atoms with Gasteiger partial charge in [-0.2, -0.15) is 0 Å². The fraction of sp³-hybridized carbons (Fsp3) is 0.308. The van der Waals surface area contributed by atoms with Crippen LogP contribution in [0.1, 0.15) is 18.4 Å². The first-order valence-electron chi connectivity index (χ1n) is 5.99. The molecular weight excluding hydrogens is 264 g/mol. The number of hydrogen-bond acceptors (Lipinski definition) is 3. The first-order chi connectivity index (χ1) is 8.94. The van der Waals surface area contributed by atoms with Crippen LogP contribution < -0.4 is 10.5 Å². The number of sulfonamides is 1. The maximum Gasteiger partial charge on any atom is 0.228 e. The molecule has 19 heavy (non-hydrogen) atoms. The lowest BCUT2D eigenvalue weighted by molar-refractivity contribution is -0.119. The van der Waals surface area contributed by atoms with Gasteiger partial charge in [0.15, 0.2) is 0 Å². The van der Waals surface area contributed by atoms with Gasteiger partial charge in [-0.25, -0.2) is 13.6 Å². The first-order valence-corrected chi connectivity index (χ1v) is 7.71. The minimum Gasteiger partial charge on any atom is -0.326 e. The fourth-order valence-corrected chi connectivity index (χ4v) is 2.65. The summed E-state index contributed by atoms with van der Waals surface area (Å²) in [6.45, 7) is 0. The van der Waals surface area contributed by atoms with E-state index in [0.29, 0.717) is 11.3 Å². The molecule has 0 bridgehead atoms. The van der Waals surface area contributed by atoms with Crippen molar-refractivity contribution in [2.24, 2.45) is 11.1 Å². The van der Waals surface area contributed by atoms with Crippen LogP contribution in [0.4, 0.5) is 5.69 Å². The third-order valence-corrected chi connectivity index (χ3v) is 3.70. The summed E-state index contributed by atoms with van der Waals surface area (Å²) in [5.41, 5.74) is 1.26. The van der Waals surface area contributed by atoms with Crippen molar-refractivity contribution in [3.63, 3.8) is 0 Å². The van der Waals surface area contributed by atoms with Gasteiger partial charge in [0.05, 0.1) is 5.75 Å². The van der Waals surface area contributed by atoms with Crippen LogP contribution in [0.3, 0.4) is 0 Å². The van der Waals surface area contributed by atoms with Gasteiger partial charge in [0.1, 0.15) is 0 Å². The Morgan fingerprint density at radius 2 is 1.79 bits per heavy atom. The average Bonchev–Trinajstić information content (AvgIpc) is 2.83. The van der Waals surface area contributed by atoms with Crippen molar-refractivity contribution in [1.29, 1.82) is 0 Å². The summed E-state index contributed by atoms with van der Waals surface area (Å²) >= 11 is 0. The summed E-state index contributed by atoms with van der Waals surface area (Å²) in [4.78, 5) is 11.9. The molecule has 102 valence electrons. The maximum absolute atomic E-state index is 11.9. The van der Waals surface area contributed by atoms with Crippen LogP contribution in [-0.4, -0.2) is 14.3 Å². The minimum absolute atomic E-state index is 0.00379. The van der Waals surface area contributed by atoms with Crippen molar-refractivity contribution in [1.82, 2.24) is 0 Å². The smallest absolute Gasteiger partial charge is 0.228 e. The highest BCUT2D eigenvalue weighted by molar-refractivity contribution is 7.88. The molecule has 1 aliphatic carbocycles. The summed E-state index contributed by atoms with van der Waals surface area (Å²) in [5.74, 6) is -0.207. The van der Waals surface area contributed by atoms with E-state index in [1.165, 1.54) is 0 Å². The maximum atomic E-state index is 11.9. The molecule has 0 spiro atoms. The van der Waals surface area contributed by atoms with Crippen LogP contribution in [0.15, 0.2) is 36.4 Å². The molecule has 0 atom stereocenters. The van der Waals surface area contributed by atoms with Gasteiger partial charge in [-0.05, 0) is 30.5 Å². The third kappa shape index (κ3) is 4.18. The normalized spacial score (nSPS) is 15.6. The lowest BCUT2D eigenvalue weighted by Gasteiger charge is -2.10. The lowest BCUT2D eigenvalue weighted by Crippen LogP contribution is -2.20. The van der Waals surface area contributed by atoms with Crippen molar-refractivity contribution < 1.29 is 13.2 Å². The molecule has 0 unspecified atom stereocenters. The second-order valence-corrected chi connectivity index (χ2v) is 6.25. The molecule has 1 aliphatic rings. The number of nitrogens with two attached hydrogens (primary N) is 1. The predicted octanol–water partition coefficient (Wildman–Crippen LogP) is 1.38. The standard InChI is InChI=1S/C13H16N2O3S/c14-19(17,18)9-10-5-7-12(8-6-10)15-13(16)11-3-1-2-4-11/h1-2,5-8,11H,3-4,9H2,(H,15,16)(H2,14,17,18). The molecule has 0 heterocycles. The van der Waals surface area contributed by atoms with Gasteiger partial charge in [-0.1, -0.05) is 24.3 Å². The van der Waals surface area contributed by atoms with Gasteiger partial charge < -0.3 is 5.32 Å². The average molecular weight is 280 g/mol. The van der Waals surface area contributed by atoms with E-state index < -0.39 is 10.0 Å². The highest BCUT2D eigenvalue weighted by Gasteiger charge is 2.19. The number of nitrogens with one attached hydrogen (secondary N) is 1. The largest absolute Gasteiger partial charge is 0.326 e. The first kappa shape index (κ1) is 13.8. The van der Waals surface area contributed by atoms with Crippen LogP contribution in [0, 0.1) is 5.92 Å². The van der Waals surface area contributed by atoms with E-state index in [1.807, 2.05) is 12.2 Å². The zero-order valence-electron chi connectivity index (χ0n) is 10.4. The number of rotatable bonds is 4. The van der Waals surface area contributed by atoms with Crippen LogP contribution >= 0.6 is 0 Å². The van der Waals surface area contributed by atoms with Crippen molar-refractivity contribution in [2.75, 3.05) is 5.32 Å². The van der Waals surface area contributed by atoms with Crippen LogP contribution in [-0.2, 0) is 20.6 Å². The molecule has 0 saturated carbocycles. The molecule has 0 saturated heterocycles. The second-order valence-electron chi connectivity index (χ2n) is 4.63. The van der Waals surface area contributed by atoms with E-state index in [0.717, 1.165) is 12.8 Å². The van der Waals surface area contributed by atoms with E-state index in [-0.39, 0.29) is 17.6 Å². The molecule has 6 heteroatoms. The summed E-state index contributed by atoms with van der Waals surface area (Å²) in [7, 11) is -3.52. The SMILES string of the molecule is NS(=O)(=O)Cc1ccc(NC(=O)C2CC=CC2)cc1.